The molecular formula is C15H22N2O. The van der Waals surface area contributed by atoms with Crippen LogP contribution in [0.15, 0.2) is 18.2 Å². The third-order valence-corrected chi connectivity index (χ3v) is 3.67. The van der Waals surface area contributed by atoms with Gasteiger partial charge in [0.2, 0.25) is 0 Å². The molecule has 18 heavy (non-hydrogen) atoms. The maximum atomic E-state index is 12.1. The van der Waals surface area contributed by atoms with Gasteiger partial charge in [0, 0.05) is 31.1 Å². The second-order valence-electron chi connectivity index (χ2n) is 5.25. The molecule has 2 rings (SSSR count). The Morgan fingerprint density at radius 3 is 2.78 bits per heavy atom. The first kappa shape index (κ1) is 13.1. The van der Waals surface area contributed by atoms with E-state index in [0.717, 1.165) is 42.9 Å². The van der Waals surface area contributed by atoms with Crippen LogP contribution in [0.4, 0.5) is 0 Å². The summed E-state index contributed by atoms with van der Waals surface area (Å²) in [5.74, 6) is 0.685. The Kier molecular flexibility index (Phi) is 4.02. The van der Waals surface area contributed by atoms with E-state index in [1.165, 1.54) is 0 Å². The van der Waals surface area contributed by atoms with Crippen LogP contribution in [0.2, 0.25) is 0 Å². The van der Waals surface area contributed by atoms with Crippen LogP contribution >= 0.6 is 0 Å². The number of hydrogen-bond donors (Lipinski definition) is 1. The molecule has 1 heterocycles. The van der Waals surface area contributed by atoms with Crippen molar-refractivity contribution in [2.24, 2.45) is 5.92 Å². The average Bonchev–Trinajstić information content (AvgIpc) is 2.30. The number of amides is 1. The van der Waals surface area contributed by atoms with Crippen LogP contribution in [0.25, 0.3) is 0 Å². The standard InChI is InChI=1S/C15H22N2O/c1-4-17-9-13(10-17)8-16-15(18)14-7-11(2)5-6-12(14)3/h5-7,13H,4,8-10H2,1-3H3,(H,16,18). The maximum absolute atomic E-state index is 12.1. The van der Waals surface area contributed by atoms with E-state index < -0.39 is 0 Å². The zero-order chi connectivity index (χ0) is 13.1. The molecule has 0 atom stereocenters. The summed E-state index contributed by atoms with van der Waals surface area (Å²) >= 11 is 0. The fraction of sp³-hybridized carbons (Fsp3) is 0.533. The van der Waals surface area contributed by atoms with Gasteiger partial charge < -0.3 is 10.2 Å². The number of nitrogens with zero attached hydrogens (tertiary/aromatic N) is 1. The van der Waals surface area contributed by atoms with Crippen LogP contribution in [0.1, 0.15) is 28.4 Å². The van der Waals surface area contributed by atoms with E-state index in [1.807, 2.05) is 32.0 Å². The first-order chi connectivity index (χ1) is 8.60. The van der Waals surface area contributed by atoms with Crippen molar-refractivity contribution in [3.63, 3.8) is 0 Å². The van der Waals surface area contributed by atoms with Gasteiger partial charge in [0.25, 0.3) is 5.91 Å². The number of likely N-dealkylation sites (tertiary alicyclic amines) is 1. The molecule has 1 aromatic carbocycles. The number of benzene rings is 1. The maximum Gasteiger partial charge on any atom is 0.251 e. The summed E-state index contributed by atoms with van der Waals surface area (Å²) in [6.45, 7) is 10.3. The van der Waals surface area contributed by atoms with Gasteiger partial charge in [0.05, 0.1) is 0 Å². The Morgan fingerprint density at radius 2 is 2.11 bits per heavy atom. The Hall–Kier alpha value is -1.35. The Labute approximate surface area is 109 Å². The minimum atomic E-state index is 0.0612. The fourth-order valence-corrected chi connectivity index (χ4v) is 2.38. The van der Waals surface area contributed by atoms with Crippen molar-refractivity contribution in [2.45, 2.75) is 20.8 Å². The molecule has 0 saturated carbocycles. The molecule has 1 N–H and O–H groups in total. The molecule has 1 aliphatic rings. The van der Waals surface area contributed by atoms with E-state index in [1.54, 1.807) is 0 Å². The molecule has 1 saturated heterocycles. The van der Waals surface area contributed by atoms with Gasteiger partial charge >= 0.3 is 0 Å². The molecule has 98 valence electrons. The predicted octanol–water partition coefficient (Wildman–Crippen LogP) is 1.98. The highest BCUT2D eigenvalue weighted by molar-refractivity contribution is 5.95. The lowest BCUT2D eigenvalue weighted by Crippen LogP contribution is -2.51. The Bertz CT molecular complexity index is 436. The molecule has 1 aliphatic heterocycles. The third-order valence-electron chi connectivity index (χ3n) is 3.67. The summed E-state index contributed by atoms with van der Waals surface area (Å²) in [7, 11) is 0. The molecule has 1 aromatic rings. The normalized spacial score (nSPS) is 16.4. The van der Waals surface area contributed by atoms with E-state index in [4.69, 9.17) is 0 Å². The SMILES string of the molecule is CCN1CC(CNC(=O)c2cc(C)ccc2C)C1. The number of carbonyl (C=O) groups is 1. The monoisotopic (exact) mass is 246 g/mol. The van der Waals surface area contributed by atoms with Gasteiger partial charge in [-0.3, -0.25) is 4.79 Å². The van der Waals surface area contributed by atoms with Crippen molar-refractivity contribution in [3.8, 4) is 0 Å². The first-order valence-electron chi connectivity index (χ1n) is 6.68. The first-order valence-corrected chi connectivity index (χ1v) is 6.68. The Balaban J connectivity index is 1.86. The second kappa shape index (κ2) is 5.53. The number of aryl methyl sites for hydroxylation is 2. The van der Waals surface area contributed by atoms with Gasteiger partial charge in [-0.2, -0.15) is 0 Å². The van der Waals surface area contributed by atoms with Crippen LogP contribution in [-0.2, 0) is 0 Å². The number of rotatable bonds is 4. The van der Waals surface area contributed by atoms with E-state index in [9.17, 15) is 4.79 Å². The van der Waals surface area contributed by atoms with E-state index in [2.05, 4.69) is 17.1 Å². The zero-order valence-electron chi connectivity index (χ0n) is 11.5. The smallest absolute Gasteiger partial charge is 0.251 e. The van der Waals surface area contributed by atoms with Crippen molar-refractivity contribution >= 4 is 5.91 Å². The van der Waals surface area contributed by atoms with E-state index in [-0.39, 0.29) is 5.91 Å². The Morgan fingerprint density at radius 1 is 1.39 bits per heavy atom. The van der Waals surface area contributed by atoms with Crippen LogP contribution < -0.4 is 5.32 Å². The molecule has 0 aromatic heterocycles. The molecule has 0 bridgehead atoms. The van der Waals surface area contributed by atoms with Crippen molar-refractivity contribution in [1.82, 2.24) is 10.2 Å². The summed E-state index contributed by atoms with van der Waals surface area (Å²) in [5.41, 5.74) is 2.98. The number of carbonyl (C=O) groups excluding carboxylic acids is 1. The molecule has 1 fully saturated rings. The topological polar surface area (TPSA) is 32.3 Å². The number of hydrogen-bond acceptors (Lipinski definition) is 2. The largest absolute Gasteiger partial charge is 0.352 e. The molecule has 0 aliphatic carbocycles. The van der Waals surface area contributed by atoms with Crippen molar-refractivity contribution in [2.75, 3.05) is 26.2 Å². The van der Waals surface area contributed by atoms with E-state index >= 15 is 0 Å². The van der Waals surface area contributed by atoms with Gasteiger partial charge in [0.1, 0.15) is 0 Å². The van der Waals surface area contributed by atoms with Gasteiger partial charge in [-0.25, -0.2) is 0 Å². The van der Waals surface area contributed by atoms with Crippen molar-refractivity contribution in [3.05, 3.63) is 34.9 Å². The molecule has 1 amide bonds. The summed E-state index contributed by atoms with van der Waals surface area (Å²) in [6, 6.07) is 6.01. The minimum Gasteiger partial charge on any atom is -0.352 e. The molecule has 0 spiro atoms. The minimum absolute atomic E-state index is 0.0612. The lowest BCUT2D eigenvalue weighted by Gasteiger charge is -2.38. The lowest BCUT2D eigenvalue weighted by molar-refractivity contribution is 0.0854. The van der Waals surface area contributed by atoms with Crippen LogP contribution in [-0.4, -0.2) is 37.0 Å². The van der Waals surface area contributed by atoms with Crippen molar-refractivity contribution in [1.29, 1.82) is 0 Å². The molecule has 3 heteroatoms. The second-order valence-corrected chi connectivity index (χ2v) is 5.25. The molecule has 0 unspecified atom stereocenters. The van der Waals surface area contributed by atoms with Gasteiger partial charge in [-0.05, 0) is 32.0 Å². The third kappa shape index (κ3) is 2.91. The van der Waals surface area contributed by atoms with Gasteiger partial charge in [0.15, 0.2) is 0 Å². The molecule has 3 nitrogen and oxygen atoms in total. The molecule has 0 radical (unpaired) electrons. The van der Waals surface area contributed by atoms with Crippen LogP contribution in [0.5, 0.6) is 0 Å². The average molecular weight is 246 g/mol. The predicted molar refractivity (Wildman–Crippen MR) is 73.9 cm³/mol. The quantitative estimate of drug-likeness (QED) is 0.881. The fourth-order valence-electron chi connectivity index (χ4n) is 2.38. The summed E-state index contributed by atoms with van der Waals surface area (Å²) in [6.07, 6.45) is 0. The van der Waals surface area contributed by atoms with Crippen LogP contribution in [0.3, 0.4) is 0 Å². The number of nitrogens with one attached hydrogen (secondary N) is 1. The van der Waals surface area contributed by atoms with Gasteiger partial charge in [-0.15, -0.1) is 0 Å². The highest BCUT2D eigenvalue weighted by atomic mass is 16.1. The molecular weight excluding hydrogens is 224 g/mol. The summed E-state index contributed by atoms with van der Waals surface area (Å²) < 4.78 is 0. The lowest BCUT2D eigenvalue weighted by atomic mass is 10.00. The van der Waals surface area contributed by atoms with Crippen molar-refractivity contribution < 1.29 is 4.79 Å². The van der Waals surface area contributed by atoms with E-state index in [0.29, 0.717) is 5.92 Å². The highest BCUT2D eigenvalue weighted by Crippen LogP contribution is 2.14. The zero-order valence-corrected chi connectivity index (χ0v) is 11.5. The van der Waals surface area contributed by atoms with Gasteiger partial charge in [-0.1, -0.05) is 24.6 Å². The summed E-state index contributed by atoms with van der Waals surface area (Å²) in [4.78, 5) is 14.5. The van der Waals surface area contributed by atoms with Crippen LogP contribution in [0, 0.1) is 19.8 Å². The summed E-state index contributed by atoms with van der Waals surface area (Å²) in [5, 5.41) is 3.05. The highest BCUT2D eigenvalue weighted by Gasteiger charge is 2.25.